The van der Waals surface area contributed by atoms with E-state index >= 15 is 0 Å². The van der Waals surface area contributed by atoms with Crippen LogP contribution >= 0.6 is 11.6 Å². The van der Waals surface area contributed by atoms with Gasteiger partial charge in [-0.3, -0.25) is 9.59 Å². The van der Waals surface area contributed by atoms with Crippen LogP contribution in [-0.4, -0.2) is 24.9 Å². The van der Waals surface area contributed by atoms with Gasteiger partial charge in [0.2, 0.25) is 0 Å². The maximum Gasteiger partial charge on any atom is 0.253 e. The summed E-state index contributed by atoms with van der Waals surface area (Å²) >= 11 is 6.31. The summed E-state index contributed by atoms with van der Waals surface area (Å²) in [5, 5.41) is 3.24. The summed E-state index contributed by atoms with van der Waals surface area (Å²) in [6, 6.07) is 18.1. The number of carbonyl (C=O) groups is 2. The van der Waals surface area contributed by atoms with Gasteiger partial charge in [-0.2, -0.15) is 0 Å². The highest BCUT2D eigenvalue weighted by atomic mass is 35.5. The van der Waals surface area contributed by atoms with Gasteiger partial charge in [0.15, 0.2) is 0 Å². The molecule has 0 unspecified atom stereocenters. The van der Waals surface area contributed by atoms with E-state index in [2.05, 4.69) is 5.32 Å². The van der Waals surface area contributed by atoms with E-state index in [1.54, 1.807) is 24.3 Å². The summed E-state index contributed by atoms with van der Waals surface area (Å²) in [6.45, 7) is 6.52. The number of amides is 1. The van der Waals surface area contributed by atoms with E-state index in [9.17, 15) is 9.59 Å². The van der Waals surface area contributed by atoms with E-state index < -0.39 is 0 Å². The van der Waals surface area contributed by atoms with Crippen LogP contribution < -0.4 is 14.8 Å². The van der Waals surface area contributed by atoms with Crippen LogP contribution in [0.4, 0.5) is 0 Å². The molecule has 32 heavy (non-hydrogen) atoms. The van der Waals surface area contributed by atoms with Gasteiger partial charge in [-0.1, -0.05) is 35.9 Å². The first-order valence-corrected chi connectivity index (χ1v) is 10.8. The zero-order chi connectivity index (χ0) is 23.1. The molecule has 0 aliphatic carbocycles. The Morgan fingerprint density at radius 1 is 1.06 bits per heavy atom. The molecule has 0 saturated heterocycles. The topological polar surface area (TPSA) is 64.6 Å². The van der Waals surface area contributed by atoms with Gasteiger partial charge in [-0.25, -0.2) is 0 Å². The molecule has 1 amide bonds. The molecule has 3 aromatic carbocycles. The Balaban J connectivity index is 1.81. The van der Waals surface area contributed by atoms with Crippen LogP contribution in [0.25, 0.3) is 11.1 Å². The van der Waals surface area contributed by atoms with Crippen LogP contribution in [0.15, 0.2) is 60.7 Å². The van der Waals surface area contributed by atoms with Crippen molar-refractivity contribution in [1.82, 2.24) is 5.32 Å². The number of benzene rings is 3. The van der Waals surface area contributed by atoms with Crippen LogP contribution in [0.5, 0.6) is 11.5 Å². The molecule has 0 aliphatic heterocycles. The molecule has 0 aliphatic rings. The van der Waals surface area contributed by atoms with Gasteiger partial charge in [0.1, 0.15) is 17.8 Å². The number of aldehydes is 1. The second-order valence-electron chi connectivity index (χ2n) is 7.49. The molecule has 3 aromatic rings. The highest BCUT2D eigenvalue weighted by Gasteiger charge is 2.14. The maximum atomic E-state index is 12.8. The first kappa shape index (κ1) is 23.4. The summed E-state index contributed by atoms with van der Waals surface area (Å²) in [5.41, 5.74) is 3.63. The average Bonchev–Trinajstić information content (AvgIpc) is 2.78. The molecule has 0 fully saturated rings. The Hall–Kier alpha value is -3.31. The Morgan fingerprint density at radius 2 is 1.84 bits per heavy atom. The Morgan fingerprint density at radius 3 is 2.53 bits per heavy atom. The fourth-order valence-electron chi connectivity index (χ4n) is 3.28. The molecule has 0 spiro atoms. The molecule has 0 aromatic heterocycles. The molecule has 0 radical (unpaired) electrons. The van der Waals surface area contributed by atoms with Crippen LogP contribution in [0.1, 0.15) is 47.1 Å². The standard InChI is InChI=1S/C26H26ClNO4/c1-4-31-25-11-8-20(19-7-5-6-18(12-19)16-29)13-21(25)15-28-26(30)23-10-9-22(14-24(23)27)32-17(2)3/h5-14,16-17H,4,15H2,1-3H3,(H,28,30). The molecule has 3 rings (SSSR count). The van der Waals surface area contributed by atoms with Crippen LogP contribution in [-0.2, 0) is 6.54 Å². The zero-order valence-electron chi connectivity index (χ0n) is 18.4. The van der Waals surface area contributed by atoms with Gasteiger partial charge in [-0.05, 0) is 68.3 Å². The van der Waals surface area contributed by atoms with Gasteiger partial charge in [-0.15, -0.1) is 0 Å². The predicted molar refractivity (Wildman–Crippen MR) is 127 cm³/mol. The number of halogens is 1. The van der Waals surface area contributed by atoms with Crippen molar-refractivity contribution in [2.24, 2.45) is 0 Å². The number of hydrogen-bond acceptors (Lipinski definition) is 4. The van der Waals surface area contributed by atoms with Crippen molar-refractivity contribution in [2.75, 3.05) is 6.61 Å². The summed E-state index contributed by atoms with van der Waals surface area (Å²) in [5.74, 6) is 1.02. The SMILES string of the molecule is CCOc1ccc(-c2cccc(C=O)c2)cc1CNC(=O)c1ccc(OC(C)C)cc1Cl. The van der Waals surface area contributed by atoms with Gasteiger partial charge in [0.05, 0.1) is 23.3 Å². The summed E-state index contributed by atoms with van der Waals surface area (Å²) in [7, 11) is 0. The number of carbonyl (C=O) groups excluding carboxylic acids is 2. The Kier molecular flexibility index (Phi) is 7.90. The number of nitrogens with one attached hydrogen (secondary N) is 1. The van der Waals surface area contributed by atoms with E-state index in [0.29, 0.717) is 34.3 Å². The number of rotatable bonds is 9. The van der Waals surface area contributed by atoms with Crippen molar-refractivity contribution in [3.63, 3.8) is 0 Å². The zero-order valence-corrected chi connectivity index (χ0v) is 19.1. The lowest BCUT2D eigenvalue weighted by Gasteiger charge is -2.14. The van der Waals surface area contributed by atoms with Crippen molar-refractivity contribution >= 4 is 23.8 Å². The highest BCUT2D eigenvalue weighted by molar-refractivity contribution is 6.34. The Labute approximate surface area is 193 Å². The quantitative estimate of drug-likeness (QED) is 0.409. The smallest absolute Gasteiger partial charge is 0.253 e. The number of hydrogen-bond donors (Lipinski definition) is 1. The second-order valence-corrected chi connectivity index (χ2v) is 7.90. The highest BCUT2D eigenvalue weighted by Crippen LogP contribution is 2.28. The van der Waals surface area contributed by atoms with Crippen LogP contribution in [0.2, 0.25) is 5.02 Å². The van der Waals surface area contributed by atoms with E-state index in [4.69, 9.17) is 21.1 Å². The Bertz CT molecular complexity index is 1110. The molecule has 0 bridgehead atoms. The third-order valence-corrected chi connectivity index (χ3v) is 5.03. The lowest BCUT2D eigenvalue weighted by Crippen LogP contribution is -2.23. The molecule has 0 saturated carbocycles. The van der Waals surface area contributed by atoms with Crippen molar-refractivity contribution < 1.29 is 19.1 Å². The van der Waals surface area contributed by atoms with E-state index in [1.807, 2.05) is 57.2 Å². The normalized spacial score (nSPS) is 10.7. The van der Waals surface area contributed by atoms with E-state index in [1.165, 1.54) is 0 Å². The summed E-state index contributed by atoms with van der Waals surface area (Å²) < 4.78 is 11.4. The van der Waals surface area contributed by atoms with Crippen molar-refractivity contribution in [2.45, 2.75) is 33.4 Å². The third kappa shape index (κ3) is 5.89. The van der Waals surface area contributed by atoms with Crippen molar-refractivity contribution in [1.29, 1.82) is 0 Å². The monoisotopic (exact) mass is 451 g/mol. The first-order chi connectivity index (χ1) is 15.4. The predicted octanol–water partition coefficient (Wildman–Crippen LogP) is 5.94. The number of ether oxygens (including phenoxy) is 2. The minimum Gasteiger partial charge on any atom is -0.494 e. The lowest BCUT2D eigenvalue weighted by molar-refractivity contribution is 0.0950. The minimum atomic E-state index is -0.290. The first-order valence-electron chi connectivity index (χ1n) is 10.5. The minimum absolute atomic E-state index is 0.0160. The largest absolute Gasteiger partial charge is 0.494 e. The lowest BCUT2D eigenvalue weighted by atomic mass is 10.0. The van der Waals surface area contributed by atoms with E-state index in [-0.39, 0.29) is 18.6 Å². The fourth-order valence-corrected chi connectivity index (χ4v) is 3.54. The molecule has 6 heteroatoms. The second kappa shape index (κ2) is 10.8. The third-order valence-electron chi connectivity index (χ3n) is 4.71. The molecule has 0 atom stereocenters. The molecule has 5 nitrogen and oxygen atoms in total. The fraction of sp³-hybridized carbons (Fsp3) is 0.231. The molecule has 166 valence electrons. The molecular weight excluding hydrogens is 426 g/mol. The van der Waals surface area contributed by atoms with Crippen molar-refractivity contribution in [3.05, 3.63) is 82.4 Å². The summed E-state index contributed by atoms with van der Waals surface area (Å²) in [6.07, 6.45) is 0.836. The molecule has 1 N–H and O–H groups in total. The van der Waals surface area contributed by atoms with Crippen LogP contribution in [0, 0.1) is 0 Å². The summed E-state index contributed by atoms with van der Waals surface area (Å²) in [4.78, 5) is 23.9. The van der Waals surface area contributed by atoms with E-state index in [0.717, 1.165) is 23.0 Å². The van der Waals surface area contributed by atoms with Gasteiger partial charge < -0.3 is 14.8 Å². The van der Waals surface area contributed by atoms with Gasteiger partial charge in [0.25, 0.3) is 5.91 Å². The maximum absolute atomic E-state index is 12.8. The average molecular weight is 452 g/mol. The van der Waals surface area contributed by atoms with Crippen molar-refractivity contribution in [3.8, 4) is 22.6 Å². The van der Waals surface area contributed by atoms with Gasteiger partial charge >= 0.3 is 0 Å². The van der Waals surface area contributed by atoms with Crippen LogP contribution in [0.3, 0.4) is 0 Å². The molecular formula is C26H26ClNO4. The molecule has 0 heterocycles. The van der Waals surface area contributed by atoms with Gasteiger partial charge in [0, 0.05) is 17.7 Å².